The van der Waals surface area contributed by atoms with Crippen molar-refractivity contribution in [1.29, 1.82) is 0 Å². The molecule has 12 N–H and O–H groups in total. The Morgan fingerprint density at radius 1 is 0.806 bits per heavy atom. The van der Waals surface area contributed by atoms with Gasteiger partial charge in [-0.25, -0.2) is 38.0 Å². The Labute approximate surface area is 401 Å². The molecule has 396 valence electrons. The average Bonchev–Trinajstić information content (AvgIpc) is 4.10. The number of nitrogens with two attached hydrogens (primary N) is 2. The standard InChI is InChI=1S/C34H47N12O23P3/c1-43-12-46(28-20(43)29(51)42-33(36)41-28)30-21(48)14(6-59-2)15(65-30)8-63-70(53,54)68-72(57,58)69-71(55,56)64-9-17-24(25(60-3)32(67-17)45-11-39-19-26(35)37-10-38-27(19)45)62-13-61-7-16-22(49)23(50)31(66-16)44-5-4-18(47)40-34(44)52/h4-5,10-12,14-17,21-25,30-32,48-50H,6-9,13H2,1-3H3,(H8-,35,36,37,38,40,41,42,47,51,52,53,54,55,56,57,58)/p+1/t14-,15-,16-,17-,21-,22-,23-,24-,25-,30-,31-,32-/m1/s1. The third-order valence-electron chi connectivity index (χ3n) is 11.5. The average molecular weight is 1090 g/mol. The number of rotatable bonds is 21. The molecule has 0 aliphatic carbocycles. The molecule has 3 aliphatic heterocycles. The minimum absolute atomic E-state index is 0.00199. The summed E-state index contributed by atoms with van der Waals surface area (Å²) in [5.74, 6) is -1.25. The fraction of sp³-hybridized carbons (Fsp3) is 0.588. The Bertz CT molecular complexity index is 3100. The van der Waals surface area contributed by atoms with E-state index in [1.807, 2.05) is 4.98 Å². The predicted octanol–water partition coefficient (Wildman–Crippen LogP) is -4.12. The number of hydrogen-bond acceptors (Lipinski definition) is 26. The Morgan fingerprint density at radius 2 is 1.50 bits per heavy atom. The SMILES string of the molecule is COC[C@H]1[C@@H](O)[C@H]([n+]2cn(C)c3c(=O)[nH]c(N)nc32)O[C@@H]1COP(=O)(O)OP(=O)(O)OP(=O)(O)OC[C@H]1O[C@@H](n2cnc3c(N)ncnc32)[C@H](OC)[C@@H]1OCOC[C@H]1O[C@@H](n2ccc(=O)[nH]c2=O)[C@H](O)[C@@H]1O. The summed E-state index contributed by atoms with van der Waals surface area (Å²) >= 11 is 0. The van der Waals surface area contributed by atoms with Crippen LogP contribution in [-0.4, -0.2) is 170 Å². The van der Waals surface area contributed by atoms with Crippen molar-refractivity contribution in [2.45, 2.75) is 67.5 Å². The summed E-state index contributed by atoms with van der Waals surface area (Å²) in [5.41, 5.74) is 9.82. The highest BCUT2D eigenvalue weighted by Gasteiger charge is 2.52. The van der Waals surface area contributed by atoms with Gasteiger partial charge in [0, 0.05) is 32.4 Å². The Kier molecular flexibility index (Phi) is 15.7. The first-order chi connectivity index (χ1) is 34.0. The summed E-state index contributed by atoms with van der Waals surface area (Å²) in [5, 5.41) is 32.5. The van der Waals surface area contributed by atoms with Crippen molar-refractivity contribution < 1.29 is 99.1 Å². The molecule has 38 heteroatoms. The van der Waals surface area contributed by atoms with E-state index in [1.54, 1.807) is 0 Å². The maximum Gasteiger partial charge on any atom is 0.490 e. The number of phosphoric acid groups is 3. The molecule has 3 unspecified atom stereocenters. The summed E-state index contributed by atoms with van der Waals surface area (Å²) < 4.78 is 103. The molecule has 0 aromatic carbocycles. The van der Waals surface area contributed by atoms with Crippen LogP contribution < -0.4 is 32.8 Å². The summed E-state index contributed by atoms with van der Waals surface area (Å²) in [4.78, 5) is 88.7. The van der Waals surface area contributed by atoms with Gasteiger partial charge in [-0.15, -0.1) is 0 Å². The number of H-pyrrole nitrogens is 2. The molecule has 0 saturated carbocycles. The number of aliphatic hydroxyl groups excluding tert-OH is 3. The molecule has 3 saturated heterocycles. The lowest BCUT2D eigenvalue weighted by atomic mass is 9.99. The topological polar surface area (TPSA) is 479 Å². The number of ether oxygens (including phenoxy) is 7. The number of aromatic nitrogens is 10. The molecule has 5 aromatic rings. The fourth-order valence-electron chi connectivity index (χ4n) is 8.29. The number of methoxy groups -OCH3 is 2. The van der Waals surface area contributed by atoms with Gasteiger partial charge in [-0.1, -0.05) is 4.98 Å². The first-order valence-corrected chi connectivity index (χ1v) is 25.4. The van der Waals surface area contributed by atoms with Crippen LogP contribution in [0.1, 0.15) is 18.7 Å². The van der Waals surface area contributed by atoms with E-state index in [0.717, 1.165) is 23.2 Å². The first-order valence-electron chi connectivity index (χ1n) is 20.9. The molecule has 8 rings (SSSR count). The number of nitrogen functional groups attached to an aromatic ring is 2. The highest BCUT2D eigenvalue weighted by atomic mass is 31.3. The molecular formula is C34H48N12O23P3+. The highest BCUT2D eigenvalue weighted by molar-refractivity contribution is 7.66. The molecule has 0 amide bonds. The highest BCUT2D eigenvalue weighted by Crippen LogP contribution is 2.68. The molecule has 0 bridgehead atoms. The summed E-state index contributed by atoms with van der Waals surface area (Å²) in [7, 11) is -13.5. The lowest BCUT2D eigenvalue weighted by molar-refractivity contribution is -0.745. The van der Waals surface area contributed by atoms with Gasteiger partial charge in [-0.3, -0.25) is 42.3 Å². The van der Waals surface area contributed by atoms with Crippen LogP contribution >= 0.6 is 23.5 Å². The third kappa shape index (κ3) is 11.2. The molecule has 8 heterocycles. The smallest absolute Gasteiger partial charge is 0.387 e. The van der Waals surface area contributed by atoms with E-state index < -0.39 is 140 Å². The minimum atomic E-state index is -6.07. The van der Waals surface area contributed by atoms with Crippen molar-refractivity contribution >= 4 is 57.6 Å². The van der Waals surface area contributed by atoms with Crippen molar-refractivity contribution in [2.24, 2.45) is 13.0 Å². The number of nitrogens with zero attached hydrogens (tertiary/aromatic N) is 8. The van der Waals surface area contributed by atoms with E-state index in [-0.39, 0.29) is 40.7 Å². The third-order valence-corrected chi connectivity index (χ3v) is 15.7. The minimum Gasteiger partial charge on any atom is -0.387 e. The van der Waals surface area contributed by atoms with Crippen LogP contribution in [0.25, 0.3) is 22.3 Å². The number of anilines is 2. The fourth-order valence-corrected chi connectivity index (χ4v) is 11.8. The number of nitrogens with one attached hydrogen (secondary N) is 2. The molecule has 0 spiro atoms. The molecule has 0 radical (unpaired) electrons. The molecule has 35 nitrogen and oxygen atoms in total. The number of aromatic amines is 2. The van der Waals surface area contributed by atoms with E-state index in [9.17, 15) is 58.1 Å². The van der Waals surface area contributed by atoms with Crippen molar-refractivity contribution in [3.63, 3.8) is 0 Å². The van der Waals surface area contributed by atoms with Crippen LogP contribution in [0.4, 0.5) is 11.8 Å². The molecular weight excluding hydrogens is 1040 g/mol. The number of imidazole rings is 2. The van der Waals surface area contributed by atoms with Crippen LogP contribution in [0.15, 0.2) is 45.6 Å². The zero-order chi connectivity index (χ0) is 52.0. The summed E-state index contributed by atoms with van der Waals surface area (Å²) in [6.45, 7) is -3.26. The largest absolute Gasteiger partial charge is 0.490 e. The Balaban J connectivity index is 0.911. The Morgan fingerprint density at radius 3 is 2.18 bits per heavy atom. The molecule has 72 heavy (non-hydrogen) atoms. The van der Waals surface area contributed by atoms with Gasteiger partial charge in [-0.05, 0) is 0 Å². The maximum absolute atomic E-state index is 13.2. The van der Waals surface area contributed by atoms with Crippen LogP contribution in [-0.2, 0) is 71.6 Å². The summed E-state index contributed by atoms with van der Waals surface area (Å²) in [6, 6.07) is 1.01. The number of hydrogen-bond donors (Lipinski definition) is 10. The van der Waals surface area contributed by atoms with Gasteiger partial charge >= 0.3 is 34.8 Å². The van der Waals surface area contributed by atoms with Gasteiger partial charge in [0.05, 0.1) is 45.9 Å². The van der Waals surface area contributed by atoms with Crippen molar-refractivity contribution in [2.75, 3.05) is 58.9 Å². The predicted molar refractivity (Wildman–Crippen MR) is 232 cm³/mol. The van der Waals surface area contributed by atoms with Gasteiger partial charge < -0.3 is 74.6 Å². The van der Waals surface area contributed by atoms with E-state index in [2.05, 4.69) is 33.5 Å². The number of fused-ring (bicyclic) bond motifs is 2. The van der Waals surface area contributed by atoms with Gasteiger partial charge in [0.25, 0.3) is 17.1 Å². The van der Waals surface area contributed by atoms with E-state index in [0.29, 0.717) is 0 Å². The second-order valence-electron chi connectivity index (χ2n) is 16.1. The zero-order valence-electron chi connectivity index (χ0n) is 37.5. The van der Waals surface area contributed by atoms with E-state index in [4.69, 9.17) is 53.7 Å². The Hall–Kier alpha value is -4.81. The molecule has 15 atom stereocenters. The monoisotopic (exact) mass is 1090 g/mol. The van der Waals surface area contributed by atoms with Crippen molar-refractivity contribution in [3.8, 4) is 0 Å². The lowest BCUT2D eigenvalue weighted by Gasteiger charge is -2.24. The number of aryl methyl sites for hydroxylation is 1. The normalized spacial score (nSPS) is 30.2. The van der Waals surface area contributed by atoms with Crippen LogP contribution in [0.3, 0.4) is 0 Å². The molecule has 5 aromatic heterocycles. The van der Waals surface area contributed by atoms with Gasteiger partial charge in [0.2, 0.25) is 11.7 Å². The second-order valence-corrected chi connectivity index (χ2v) is 20.8. The number of aliphatic hydroxyl groups is 3. The van der Waals surface area contributed by atoms with Crippen molar-refractivity contribution in [1.82, 2.24) is 43.6 Å². The lowest BCUT2D eigenvalue weighted by Crippen LogP contribution is -2.45. The van der Waals surface area contributed by atoms with Gasteiger partial charge in [0.15, 0.2) is 30.2 Å². The van der Waals surface area contributed by atoms with Gasteiger partial charge in [-0.2, -0.15) is 8.62 Å². The molecule has 3 aliphatic rings. The zero-order valence-corrected chi connectivity index (χ0v) is 40.2. The summed E-state index contributed by atoms with van der Waals surface area (Å²) in [6.07, 6.45) is -10.3. The number of phosphoric ester groups is 2. The second kappa shape index (κ2) is 21.2. The van der Waals surface area contributed by atoms with Crippen LogP contribution in [0.2, 0.25) is 0 Å². The van der Waals surface area contributed by atoms with Crippen LogP contribution in [0, 0.1) is 5.92 Å². The first kappa shape index (κ1) is 53.5. The molecule has 3 fully saturated rings. The van der Waals surface area contributed by atoms with E-state index >= 15 is 0 Å². The quantitative estimate of drug-likeness (QED) is 0.0144. The van der Waals surface area contributed by atoms with Gasteiger partial charge in [0.1, 0.15) is 61.4 Å². The van der Waals surface area contributed by atoms with Crippen LogP contribution in [0.5, 0.6) is 0 Å². The van der Waals surface area contributed by atoms with Crippen molar-refractivity contribution in [3.05, 3.63) is 62.4 Å². The maximum atomic E-state index is 13.2. The van der Waals surface area contributed by atoms with E-state index in [1.165, 1.54) is 47.6 Å².